The Labute approximate surface area is 195 Å². The number of carbonyl (C=O) groups excluding carboxylic acids is 1. The van der Waals surface area contributed by atoms with Crippen LogP contribution in [0.25, 0.3) is 11.1 Å². The molecule has 1 saturated carbocycles. The van der Waals surface area contributed by atoms with Crippen molar-refractivity contribution in [2.24, 2.45) is 0 Å². The maximum absolute atomic E-state index is 14.9. The molecule has 0 radical (unpaired) electrons. The van der Waals surface area contributed by atoms with E-state index in [9.17, 15) is 9.18 Å². The minimum Gasteiger partial charge on any atom is -0.487 e. The fraction of sp³-hybridized carbons (Fsp3) is 0.536. The molecule has 2 aromatic carbocycles. The van der Waals surface area contributed by atoms with Gasteiger partial charge < -0.3 is 14.5 Å². The lowest BCUT2D eigenvalue weighted by atomic mass is 9.81. The Morgan fingerprint density at radius 2 is 1.64 bits per heavy atom. The number of ether oxygens (including phenoxy) is 1. The van der Waals surface area contributed by atoms with Crippen molar-refractivity contribution in [1.29, 1.82) is 0 Å². The summed E-state index contributed by atoms with van der Waals surface area (Å²) in [7, 11) is 0. The Morgan fingerprint density at radius 1 is 0.909 bits per heavy atom. The van der Waals surface area contributed by atoms with Gasteiger partial charge in [-0.25, -0.2) is 4.39 Å². The number of likely N-dealkylation sites (tertiary alicyclic amines) is 2. The molecule has 1 aliphatic carbocycles. The van der Waals surface area contributed by atoms with E-state index in [1.807, 2.05) is 12.1 Å². The van der Waals surface area contributed by atoms with Crippen molar-refractivity contribution in [3.8, 4) is 16.9 Å². The van der Waals surface area contributed by atoms with E-state index in [1.165, 1.54) is 30.9 Å². The summed E-state index contributed by atoms with van der Waals surface area (Å²) in [5.74, 6) is 0.364. The summed E-state index contributed by atoms with van der Waals surface area (Å²) in [5.41, 5.74) is 3.15. The minimum atomic E-state index is -0.435. The summed E-state index contributed by atoms with van der Waals surface area (Å²) in [6.07, 6.45) is 10.4. The van der Waals surface area contributed by atoms with Gasteiger partial charge in [0.15, 0.2) is 0 Å². The minimum absolute atomic E-state index is 0.0154. The zero-order chi connectivity index (χ0) is 22.4. The van der Waals surface area contributed by atoms with Crippen LogP contribution in [0.3, 0.4) is 0 Å². The number of carbonyl (C=O) groups is 1. The Kier molecular flexibility index (Phi) is 5.40. The van der Waals surface area contributed by atoms with Crippen molar-refractivity contribution in [2.75, 3.05) is 26.2 Å². The predicted molar refractivity (Wildman–Crippen MR) is 127 cm³/mol. The van der Waals surface area contributed by atoms with E-state index in [-0.39, 0.29) is 17.1 Å². The molecule has 1 spiro atoms. The number of aryl methyl sites for hydroxylation is 1. The van der Waals surface area contributed by atoms with Gasteiger partial charge in [0.05, 0.1) is 5.56 Å². The average molecular weight is 449 g/mol. The molecule has 3 aliphatic heterocycles. The highest BCUT2D eigenvalue weighted by atomic mass is 19.1. The second-order valence-corrected chi connectivity index (χ2v) is 10.4. The third kappa shape index (κ3) is 3.95. The third-order valence-corrected chi connectivity index (χ3v) is 8.46. The summed E-state index contributed by atoms with van der Waals surface area (Å²) < 4.78 is 21.5. The van der Waals surface area contributed by atoms with Gasteiger partial charge in [-0.05, 0) is 92.3 Å². The zero-order valence-electron chi connectivity index (χ0n) is 19.3. The van der Waals surface area contributed by atoms with E-state index in [4.69, 9.17) is 4.74 Å². The van der Waals surface area contributed by atoms with E-state index >= 15 is 0 Å². The van der Waals surface area contributed by atoms with Gasteiger partial charge in [-0.2, -0.15) is 0 Å². The molecular formula is C28H33FN2O2. The number of fused-ring (bicyclic) bond motifs is 1. The van der Waals surface area contributed by atoms with E-state index in [2.05, 4.69) is 17.0 Å². The van der Waals surface area contributed by atoms with E-state index in [0.717, 1.165) is 87.6 Å². The van der Waals surface area contributed by atoms with Crippen LogP contribution in [0.15, 0.2) is 36.4 Å². The van der Waals surface area contributed by atoms with E-state index in [1.54, 1.807) is 11.0 Å². The van der Waals surface area contributed by atoms with Gasteiger partial charge in [0, 0.05) is 32.2 Å². The molecule has 1 amide bonds. The molecular weight excluding hydrogens is 415 g/mol. The molecule has 2 aromatic rings. The first-order valence-corrected chi connectivity index (χ1v) is 12.8. The highest BCUT2D eigenvalue weighted by Crippen LogP contribution is 2.42. The smallest absolute Gasteiger partial charge is 0.256 e. The lowest BCUT2D eigenvalue weighted by Gasteiger charge is -2.48. The van der Waals surface area contributed by atoms with Crippen LogP contribution < -0.4 is 4.74 Å². The largest absolute Gasteiger partial charge is 0.487 e. The number of hydrogen-bond donors (Lipinski definition) is 0. The van der Waals surface area contributed by atoms with Crippen LogP contribution in [-0.4, -0.2) is 53.5 Å². The molecule has 3 fully saturated rings. The topological polar surface area (TPSA) is 32.8 Å². The molecule has 174 valence electrons. The number of piperidine rings is 1. The number of nitrogens with zero attached hydrogens (tertiary/aromatic N) is 2. The van der Waals surface area contributed by atoms with Crippen molar-refractivity contribution in [3.63, 3.8) is 0 Å². The van der Waals surface area contributed by atoms with E-state index in [0.29, 0.717) is 0 Å². The maximum Gasteiger partial charge on any atom is 0.256 e. The summed E-state index contributed by atoms with van der Waals surface area (Å²) in [5, 5.41) is 0. The van der Waals surface area contributed by atoms with E-state index < -0.39 is 5.82 Å². The maximum atomic E-state index is 14.9. The number of amides is 1. The molecule has 2 saturated heterocycles. The van der Waals surface area contributed by atoms with Crippen molar-refractivity contribution < 1.29 is 13.9 Å². The van der Waals surface area contributed by atoms with Crippen LogP contribution in [0, 0.1) is 5.82 Å². The number of hydrogen-bond acceptors (Lipinski definition) is 3. The molecule has 0 atom stereocenters. The predicted octanol–water partition coefficient (Wildman–Crippen LogP) is 5.44. The average Bonchev–Trinajstić information content (AvgIpc) is 3.34. The van der Waals surface area contributed by atoms with Crippen LogP contribution in [0.2, 0.25) is 0 Å². The highest BCUT2D eigenvalue weighted by Gasteiger charge is 2.41. The fourth-order valence-corrected chi connectivity index (χ4v) is 6.06. The summed E-state index contributed by atoms with van der Waals surface area (Å²) >= 11 is 0. The normalized spacial score (nSPS) is 22.6. The van der Waals surface area contributed by atoms with Gasteiger partial charge in [-0.15, -0.1) is 0 Å². The summed E-state index contributed by atoms with van der Waals surface area (Å²) in [4.78, 5) is 17.0. The first-order chi connectivity index (χ1) is 16.1. The van der Waals surface area contributed by atoms with Gasteiger partial charge in [0.1, 0.15) is 17.2 Å². The van der Waals surface area contributed by atoms with Crippen molar-refractivity contribution in [1.82, 2.24) is 9.80 Å². The van der Waals surface area contributed by atoms with Crippen LogP contribution in [0.5, 0.6) is 5.75 Å². The molecule has 0 aromatic heterocycles. The van der Waals surface area contributed by atoms with Crippen molar-refractivity contribution >= 4 is 5.91 Å². The van der Waals surface area contributed by atoms with Crippen LogP contribution >= 0.6 is 0 Å². The Balaban J connectivity index is 1.16. The first-order valence-electron chi connectivity index (χ1n) is 12.8. The van der Waals surface area contributed by atoms with Crippen LogP contribution in [0.4, 0.5) is 4.39 Å². The SMILES string of the molecule is O=C(c1ccc(-c2ccc3c(c2)CCC2(CCN(C4CCC4)CC2)O3)cc1F)N1CCCC1. The molecule has 6 rings (SSSR count). The van der Waals surface area contributed by atoms with Gasteiger partial charge in [-0.3, -0.25) is 4.79 Å². The molecule has 0 bridgehead atoms. The molecule has 4 aliphatic rings. The molecule has 0 N–H and O–H groups in total. The Hall–Kier alpha value is -2.40. The number of halogens is 1. The molecule has 3 heterocycles. The monoisotopic (exact) mass is 448 g/mol. The molecule has 0 unspecified atom stereocenters. The van der Waals surface area contributed by atoms with Gasteiger partial charge >= 0.3 is 0 Å². The van der Waals surface area contributed by atoms with Crippen LogP contribution in [0.1, 0.15) is 67.3 Å². The number of rotatable bonds is 3. The van der Waals surface area contributed by atoms with Crippen LogP contribution in [-0.2, 0) is 6.42 Å². The molecule has 4 nitrogen and oxygen atoms in total. The highest BCUT2D eigenvalue weighted by molar-refractivity contribution is 5.95. The lowest BCUT2D eigenvalue weighted by Crippen LogP contribution is -2.53. The number of benzene rings is 2. The first kappa shape index (κ1) is 21.2. The molecule has 33 heavy (non-hydrogen) atoms. The van der Waals surface area contributed by atoms with Crippen molar-refractivity contribution in [3.05, 3.63) is 53.3 Å². The standard InChI is InChI=1S/C28H33FN2O2/c29-25-19-21(6-8-24(25)27(32)31-14-1-2-15-31)20-7-9-26-22(18-20)10-11-28(33-26)12-16-30(17-13-28)23-4-3-5-23/h6-9,18-19,23H,1-5,10-17H2. The second-order valence-electron chi connectivity index (χ2n) is 10.4. The summed E-state index contributed by atoms with van der Waals surface area (Å²) in [6.45, 7) is 3.76. The van der Waals surface area contributed by atoms with Gasteiger partial charge in [0.2, 0.25) is 0 Å². The van der Waals surface area contributed by atoms with Gasteiger partial charge in [0.25, 0.3) is 5.91 Å². The molecule has 5 heteroatoms. The quantitative estimate of drug-likeness (QED) is 0.627. The Bertz CT molecular complexity index is 1050. The fourth-order valence-electron chi connectivity index (χ4n) is 6.06. The summed E-state index contributed by atoms with van der Waals surface area (Å²) in [6, 6.07) is 12.1. The van der Waals surface area contributed by atoms with Crippen molar-refractivity contribution in [2.45, 2.75) is 69.4 Å². The van der Waals surface area contributed by atoms with Gasteiger partial charge in [-0.1, -0.05) is 18.6 Å². The third-order valence-electron chi connectivity index (χ3n) is 8.46. The Morgan fingerprint density at radius 3 is 2.33 bits per heavy atom. The lowest BCUT2D eigenvalue weighted by molar-refractivity contribution is -0.0336. The second kappa shape index (κ2) is 8.43. The zero-order valence-corrected chi connectivity index (χ0v) is 19.3.